The van der Waals surface area contributed by atoms with Crippen molar-refractivity contribution in [2.24, 2.45) is 0 Å². The summed E-state index contributed by atoms with van der Waals surface area (Å²) >= 11 is 1.67. The van der Waals surface area contributed by atoms with Crippen LogP contribution < -0.4 is 10.0 Å². The summed E-state index contributed by atoms with van der Waals surface area (Å²) in [5.74, 6) is 0. The third-order valence-electron chi connectivity index (χ3n) is 2.60. The maximum Gasteiger partial charge on any atom is 0.229 e. The zero-order valence-corrected chi connectivity index (χ0v) is 12.4. The predicted molar refractivity (Wildman–Crippen MR) is 81.3 cm³/mol. The maximum absolute atomic E-state index is 11.2. The molecule has 2 N–H and O–H groups in total. The minimum absolute atomic E-state index is 0.614. The van der Waals surface area contributed by atoms with Crippen LogP contribution in [0.2, 0.25) is 0 Å². The minimum Gasteiger partial charge on any atom is -0.381 e. The fourth-order valence-electron chi connectivity index (χ4n) is 1.69. The molecule has 0 radical (unpaired) electrons. The highest BCUT2D eigenvalue weighted by atomic mass is 32.2. The second-order valence-corrected chi connectivity index (χ2v) is 6.92. The normalized spacial score (nSPS) is 11.3. The van der Waals surface area contributed by atoms with Crippen LogP contribution in [0.25, 0.3) is 0 Å². The van der Waals surface area contributed by atoms with E-state index in [0.29, 0.717) is 5.69 Å². The van der Waals surface area contributed by atoms with Gasteiger partial charge in [-0.3, -0.25) is 4.72 Å². The molecule has 0 saturated carbocycles. The molecule has 0 aliphatic rings. The Morgan fingerprint density at radius 2 is 2.05 bits per heavy atom. The highest BCUT2D eigenvalue weighted by Gasteiger charge is 2.05. The lowest BCUT2D eigenvalue weighted by Crippen LogP contribution is -2.10. The number of anilines is 2. The molecule has 1 heterocycles. The van der Waals surface area contributed by atoms with E-state index in [0.717, 1.165) is 24.1 Å². The van der Waals surface area contributed by atoms with E-state index in [1.54, 1.807) is 17.4 Å². The first-order valence-electron chi connectivity index (χ1n) is 5.77. The van der Waals surface area contributed by atoms with E-state index >= 15 is 0 Å². The standard InChI is InChI=1S/C13H16N2O2S2/c1-10-7-12(14-8-11-5-6-18-9-11)3-4-13(10)15-19(2,16)17/h3-7,9,14-15H,8H2,1-2H3. The smallest absolute Gasteiger partial charge is 0.229 e. The molecule has 0 saturated heterocycles. The molecule has 0 aliphatic carbocycles. The van der Waals surface area contributed by atoms with Crippen LogP contribution in [0, 0.1) is 6.92 Å². The van der Waals surface area contributed by atoms with Gasteiger partial charge in [-0.15, -0.1) is 0 Å². The van der Waals surface area contributed by atoms with E-state index in [2.05, 4.69) is 21.5 Å². The van der Waals surface area contributed by atoms with Gasteiger partial charge in [0.25, 0.3) is 0 Å². The molecule has 0 bridgehead atoms. The van der Waals surface area contributed by atoms with E-state index in [-0.39, 0.29) is 0 Å². The lowest BCUT2D eigenvalue weighted by Gasteiger charge is -2.11. The maximum atomic E-state index is 11.2. The van der Waals surface area contributed by atoms with Crippen molar-refractivity contribution in [3.8, 4) is 0 Å². The molecule has 6 heteroatoms. The lowest BCUT2D eigenvalue weighted by molar-refractivity contribution is 0.607. The van der Waals surface area contributed by atoms with Gasteiger partial charge in [-0.25, -0.2) is 8.42 Å². The predicted octanol–water partition coefficient (Wildman–Crippen LogP) is 3.04. The van der Waals surface area contributed by atoms with Crippen molar-refractivity contribution in [1.82, 2.24) is 0 Å². The number of hydrogen-bond donors (Lipinski definition) is 2. The molecule has 0 fully saturated rings. The minimum atomic E-state index is -3.23. The Hall–Kier alpha value is -1.53. The molecule has 0 spiro atoms. The van der Waals surface area contributed by atoms with Gasteiger partial charge in [0.15, 0.2) is 0 Å². The first-order chi connectivity index (χ1) is 8.94. The fourth-order valence-corrected chi connectivity index (χ4v) is 2.98. The fraction of sp³-hybridized carbons (Fsp3) is 0.231. The van der Waals surface area contributed by atoms with E-state index in [1.807, 2.05) is 24.4 Å². The van der Waals surface area contributed by atoms with Crippen molar-refractivity contribution in [1.29, 1.82) is 0 Å². The molecule has 0 amide bonds. The van der Waals surface area contributed by atoms with Crippen LogP contribution in [0.1, 0.15) is 11.1 Å². The SMILES string of the molecule is Cc1cc(NCc2ccsc2)ccc1NS(C)(=O)=O. The average Bonchev–Trinajstić information content (AvgIpc) is 2.81. The Morgan fingerprint density at radius 1 is 1.26 bits per heavy atom. The van der Waals surface area contributed by atoms with Gasteiger partial charge in [0.05, 0.1) is 11.9 Å². The third-order valence-corrected chi connectivity index (χ3v) is 3.92. The quantitative estimate of drug-likeness (QED) is 0.891. The number of benzene rings is 1. The number of rotatable bonds is 5. The highest BCUT2D eigenvalue weighted by molar-refractivity contribution is 7.92. The average molecular weight is 296 g/mol. The van der Waals surface area contributed by atoms with Gasteiger partial charge >= 0.3 is 0 Å². The van der Waals surface area contributed by atoms with E-state index in [1.165, 1.54) is 5.56 Å². The Morgan fingerprint density at radius 3 is 2.63 bits per heavy atom. The van der Waals surface area contributed by atoms with Crippen LogP contribution in [0.3, 0.4) is 0 Å². The first kappa shape index (κ1) is 13.9. The molecule has 2 rings (SSSR count). The van der Waals surface area contributed by atoms with E-state index in [9.17, 15) is 8.42 Å². The molecule has 0 unspecified atom stereocenters. The van der Waals surface area contributed by atoms with Gasteiger partial charge in [-0.2, -0.15) is 11.3 Å². The number of sulfonamides is 1. The molecule has 2 aromatic rings. The first-order valence-corrected chi connectivity index (χ1v) is 8.61. The number of thiophene rings is 1. The molecule has 19 heavy (non-hydrogen) atoms. The Labute approximate surface area is 117 Å². The van der Waals surface area contributed by atoms with Crippen LogP contribution in [-0.4, -0.2) is 14.7 Å². The van der Waals surface area contributed by atoms with Gasteiger partial charge in [0, 0.05) is 12.2 Å². The molecule has 1 aromatic carbocycles. The van der Waals surface area contributed by atoms with Crippen molar-refractivity contribution in [3.63, 3.8) is 0 Å². The van der Waals surface area contributed by atoms with Crippen molar-refractivity contribution in [2.45, 2.75) is 13.5 Å². The van der Waals surface area contributed by atoms with Gasteiger partial charge in [0.2, 0.25) is 10.0 Å². The Bertz CT molecular complexity index is 649. The Kier molecular flexibility index (Phi) is 4.11. The monoisotopic (exact) mass is 296 g/mol. The van der Waals surface area contributed by atoms with Crippen molar-refractivity contribution < 1.29 is 8.42 Å². The lowest BCUT2D eigenvalue weighted by atomic mass is 10.2. The molecule has 1 aromatic heterocycles. The number of nitrogens with one attached hydrogen (secondary N) is 2. The van der Waals surface area contributed by atoms with E-state index < -0.39 is 10.0 Å². The van der Waals surface area contributed by atoms with Gasteiger partial charge in [-0.1, -0.05) is 0 Å². The summed E-state index contributed by atoms with van der Waals surface area (Å²) in [7, 11) is -3.23. The van der Waals surface area contributed by atoms with E-state index in [4.69, 9.17) is 0 Å². The number of hydrogen-bond acceptors (Lipinski definition) is 4. The summed E-state index contributed by atoms with van der Waals surface area (Å²) in [6.45, 7) is 2.64. The highest BCUT2D eigenvalue weighted by Crippen LogP contribution is 2.21. The van der Waals surface area contributed by atoms with Crippen LogP contribution in [-0.2, 0) is 16.6 Å². The molecule has 4 nitrogen and oxygen atoms in total. The topological polar surface area (TPSA) is 58.2 Å². The van der Waals surface area contributed by atoms with Gasteiger partial charge in [0.1, 0.15) is 0 Å². The molecular formula is C13H16N2O2S2. The molecule has 0 aliphatic heterocycles. The zero-order valence-electron chi connectivity index (χ0n) is 10.8. The summed E-state index contributed by atoms with van der Waals surface area (Å²) in [5, 5.41) is 7.45. The molecule has 102 valence electrons. The Balaban J connectivity index is 2.06. The third kappa shape index (κ3) is 4.25. The summed E-state index contributed by atoms with van der Waals surface area (Å²) in [5.41, 5.74) is 3.72. The van der Waals surface area contributed by atoms with Crippen LogP contribution in [0.4, 0.5) is 11.4 Å². The van der Waals surface area contributed by atoms with Crippen molar-refractivity contribution in [2.75, 3.05) is 16.3 Å². The largest absolute Gasteiger partial charge is 0.381 e. The zero-order chi connectivity index (χ0) is 13.9. The van der Waals surface area contributed by atoms with Crippen LogP contribution in [0.5, 0.6) is 0 Å². The summed E-state index contributed by atoms with van der Waals surface area (Å²) in [6, 6.07) is 7.64. The summed E-state index contributed by atoms with van der Waals surface area (Å²) in [4.78, 5) is 0. The molecule has 0 atom stereocenters. The molecular weight excluding hydrogens is 280 g/mol. The summed E-state index contributed by atoms with van der Waals surface area (Å²) in [6.07, 6.45) is 1.15. The van der Waals surface area contributed by atoms with Crippen LogP contribution in [0.15, 0.2) is 35.0 Å². The number of aryl methyl sites for hydroxylation is 1. The van der Waals surface area contributed by atoms with Gasteiger partial charge in [-0.05, 0) is 53.1 Å². The van der Waals surface area contributed by atoms with Crippen LogP contribution >= 0.6 is 11.3 Å². The van der Waals surface area contributed by atoms with Gasteiger partial charge < -0.3 is 5.32 Å². The summed E-state index contributed by atoms with van der Waals surface area (Å²) < 4.78 is 24.9. The second-order valence-electron chi connectivity index (χ2n) is 4.39. The van der Waals surface area contributed by atoms with Crippen molar-refractivity contribution >= 4 is 32.7 Å². The van der Waals surface area contributed by atoms with Crippen molar-refractivity contribution in [3.05, 3.63) is 46.2 Å². The second kappa shape index (κ2) is 5.63.